The van der Waals surface area contributed by atoms with Gasteiger partial charge in [-0.25, -0.2) is 4.99 Å². The van der Waals surface area contributed by atoms with Gasteiger partial charge in [0.15, 0.2) is 4.80 Å². The number of halogens is 4. The molecule has 3 heterocycles. The SMILES string of the molecule is O=c1c(=C2SC(c3ccccc3)=C(c3ccccc3)S2)sc2n1[C@@H](c1ccc(OC(F)F)cc1)C1=C(N=2)/C(=C/c2ccc(OC(F)F)cc2)CCC1. The lowest BCUT2D eigenvalue weighted by atomic mass is 9.84. The standard InChI is InChI=1S/C40H28F4N2O3S3/c41-38(42)48-28-18-14-23(15-19-28)22-27-12-7-13-30-31(27)45-40-46(32(30)24-16-20-29(21-17-24)49-39(43)44)36(47)35(52-40)37-50-33(25-8-3-1-4-9-25)34(51-37)26-10-5-2-6-11-26/h1-6,8-11,14-22,32,38-39H,7,12-13H2/b27-22+/t32-/m0/s1. The molecule has 0 fully saturated rings. The maximum atomic E-state index is 14.7. The van der Waals surface area contributed by atoms with Crippen molar-refractivity contribution in [1.29, 1.82) is 0 Å². The van der Waals surface area contributed by atoms with Crippen molar-refractivity contribution < 1.29 is 27.0 Å². The lowest BCUT2D eigenvalue weighted by Gasteiger charge is -2.31. The zero-order chi connectivity index (χ0) is 35.8. The fraction of sp³-hybridized carbons (Fsp3) is 0.150. The molecule has 8 rings (SSSR count). The van der Waals surface area contributed by atoms with Crippen LogP contribution in [0.15, 0.2) is 136 Å². The van der Waals surface area contributed by atoms with Crippen LogP contribution in [0.3, 0.4) is 0 Å². The molecule has 12 heteroatoms. The largest absolute Gasteiger partial charge is 0.435 e. The number of thioether (sulfide) groups is 2. The quantitative estimate of drug-likeness (QED) is 0.148. The fourth-order valence-corrected chi connectivity index (χ4v) is 10.6. The van der Waals surface area contributed by atoms with Crippen molar-refractivity contribution in [1.82, 2.24) is 4.57 Å². The first-order chi connectivity index (χ1) is 25.3. The van der Waals surface area contributed by atoms with Gasteiger partial charge in [-0.1, -0.05) is 120 Å². The van der Waals surface area contributed by atoms with Crippen molar-refractivity contribution in [3.63, 3.8) is 0 Å². The van der Waals surface area contributed by atoms with Crippen molar-refractivity contribution in [2.24, 2.45) is 4.99 Å². The van der Waals surface area contributed by atoms with E-state index in [-0.39, 0.29) is 17.1 Å². The van der Waals surface area contributed by atoms with Crippen LogP contribution < -0.4 is 24.4 Å². The van der Waals surface area contributed by atoms with E-state index in [0.717, 1.165) is 66.0 Å². The Balaban J connectivity index is 1.27. The molecule has 0 amide bonds. The number of hydrogen-bond acceptors (Lipinski definition) is 7. The maximum Gasteiger partial charge on any atom is 0.387 e. The molecule has 0 radical (unpaired) electrons. The predicted molar refractivity (Wildman–Crippen MR) is 201 cm³/mol. The number of alkyl halides is 4. The van der Waals surface area contributed by atoms with Crippen LogP contribution in [-0.4, -0.2) is 17.8 Å². The van der Waals surface area contributed by atoms with E-state index in [1.165, 1.54) is 35.6 Å². The number of allylic oxidation sites excluding steroid dienone is 2. The first kappa shape index (κ1) is 34.3. The number of hydrogen-bond donors (Lipinski definition) is 0. The van der Waals surface area contributed by atoms with Crippen LogP contribution in [0, 0.1) is 0 Å². The first-order valence-corrected chi connectivity index (χ1v) is 18.9. The lowest BCUT2D eigenvalue weighted by Crippen LogP contribution is -2.39. The van der Waals surface area contributed by atoms with Crippen LogP contribution in [0.4, 0.5) is 17.6 Å². The van der Waals surface area contributed by atoms with Gasteiger partial charge >= 0.3 is 13.2 Å². The Labute approximate surface area is 308 Å². The molecule has 5 aromatic rings. The van der Waals surface area contributed by atoms with E-state index in [1.54, 1.807) is 52.4 Å². The summed E-state index contributed by atoms with van der Waals surface area (Å²) in [5.41, 5.74) is 6.16. The average Bonchev–Trinajstić information content (AvgIpc) is 3.74. The smallest absolute Gasteiger partial charge is 0.387 e. The summed E-state index contributed by atoms with van der Waals surface area (Å²) in [5.74, 6) is 0.0933. The van der Waals surface area contributed by atoms with Gasteiger partial charge in [0.05, 0.1) is 16.0 Å². The van der Waals surface area contributed by atoms with E-state index < -0.39 is 19.3 Å². The van der Waals surface area contributed by atoms with Gasteiger partial charge in [0.1, 0.15) is 16.0 Å². The van der Waals surface area contributed by atoms with Gasteiger partial charge in [0, 0.05) is 9.81 Å². The number of nitrogens with zero attached hydrogens (tertiary/aromatic N) is 2. The van der Waals surface area contributed by atoms with Crippen LogP contribution in [0.5, 0.6) is 11.5 Å². The molecule has 0 unspecified atom stereocenters. The van der Waals surface area contributed by atoms with Gasteiger partial charge in [-0.05, 0) is 83.0 Å². The number of benzene rings is 4. The summed E-state index contributed by atoms with van der Waals surface area (Å²) in [5, 5.41) is 0. The number of fused-ring (bicyclic) bond motifs is 1. The Kier molecular flexibility index (Phi) is 9.69. The van der Waals surface area contributed by atoms with Crippen molar-refractivity contribution in [3.8, 4) is 11.5 Å². The zero-order valence-corrected chi connectivity index (χ0v) is 29.6. The van der Waals surface area contributed by atoms with Crippen molar-refractivity contribution >= 4 is 55.0 Å². The first-order valence-electron chi connectivity index (χ1n) is 16.4. The number of ether oxygens (including phenoxy) is 2. The molecule has 0 N–H and O–H groups in total. The number of thiazole rings is 1. The Morgan fingerprint density at radius 2 is 1.29 bits per heavy atom. The second-order valence-corrected chi connectivity index (χ2v) is 15.4. The van der Waals surface area contributed by atoms with Gasteiger partial charge < -0.3 is 9.47 Å². The van der Waals surface area contributed by atoms with Crippen LogP contribution in [-0.2, 0) is 0 Å². The summed E-state index contributed by atoms with van der Waals surface area (Å²) >= 11 is 4.50. The average molecular weight is 757 g/mol. The minimum atomic E-state index is -2.96. The molecule has 4 aromatic carbocycles. The highest BCUT2D eigenvalue weighted by Crippen LogP contribution is 2.57. The maximum absolute atomic E-state index is 14.7. The Morgan fingerprint density at radius 1 is 0.731 bits per heavy atom. The zero-order valence-electron chi connectivity index (χ0n) is 27.2. The molecule has 0 saturated carbocycles. The van der Waals surface area contributed by atoms with Crippen molar-refractivity contribution in [2.45, 2.75) is 38.5 Å². The second-order valence-electron chi connectivity index (χ2n) is 12.1. The molecule has 0 spiro atoms. The van der Waals surface area contributed by atoms with Gasteiger partial charge in [-0.2, -0.15) is 17.6 Å². The van der Waals surface area contributed by atoms with E-state index >= 15 is 0 Å². The third-order valence-electron chi connectivity index (χ3n) is 8.83. The Morgan fingerprint density at radius 3 is 1.85 bits per heavy atom. The minimum absolute atomic E-state index is 0.0257. The molecule has 3 aliphatic rings. The van der Waals surface area contributed by atoms with Gasteiger partial charge in [-0.15, -0.1) is 0 Å². The molecule has 0 bridgehead atoms. The summed E-state index contributed by atoms with van der Waals surface area (Å²) in [6.45, 7) is -5.87. The summed E-state index contributed by atoms with van der Waals surface area (Å²) in [4.78, 5) is 22.5. The van der Waals surface area contributed by atoms with Crippen molar-refractivity contribution in [3.05, 3.63) is 168 Å². The number of aromatic nitrogens is 1. The molecule has 1 aromatic heterocycles. The van der Waals surface area contributed by atoms with Crippen LogP contribution in [0.1, 0.15) is 47.6 Å². The predicted octanol–water partition coefficient (Wildman–Crippen LogP) is 9.93. The van der Waals surface area contributed by atoms with Gasteiger partial charge in [0.2, 0.25) is 0 Å². The molecule has 5 nitrogen and oxygen atoms in total. The van der Waals surface area contributed by atoms with E-state index in [9.17, 15) is 22.4 Å². The van der Waals surface area contributed by atoms with Gasteiger partial charge in [-0.3, -0.25) is 9.36 Å². The molecular weight excluding hydrogens is 729 g/mol. The normalized spacial score (nSPS) is 17.8. The second kappa shape index (κ2) is 14.7. The van der Waals surface area contributed by atoms with E-state index in [4.69, 9.17) is 4.99 Å². The van der Waals surface area contributed by atoms with E-state index in [1.807, 2.05) is 42.5 Å². The highest BCUT2D eigenvalue weighted by atomic mass is 32.2. The summed E-state index contributed by atoms with van der Waals surface area (Å²) in [7, 11) is 0. The number of rotatable bonds is 8. The highest BCUT2D eigenvalue weighted by molar-refractivity contribution is 8.41. The van der Waals surface area contributed by atoms with Crippen LogP contribution in [0.2, 0.25) is 0 Å². The Bertz CT molecular complexity index is 2350. The third kappa shape index (κ3) is 6.90. The molecule has 1 aliphatic carbocycles. The molecule has 52 heavy (non-hydrogen) atoms. The van der Waals surface area contributed by atoms with E-state index in [2.05, 4.69) is 33.7 Å². The Hall–Kier alpha value is -4.78. The summed E-state index contributed by atoms with van der Waals surface area (Å²) in [6, 6.07) is 32.6. The van der Waals surface area contributed by atoms with Gasteiger partial charge in [0.25, 0.3) is 5.56 Å². The van der Waals surface area contributed by atoms with Crippen molar-refractivity contribution in [2.75, 3.05) is 0 Å². The fourth-order valence-electron chi connectivity index (χ4n) is 6.61. The van der Waals surface area contributed by atoms with Crippen LogP contribution >= 0.6 is 34.9 Å². The third-order valence-corrected chi connectivity index (χ3v) is 12.8. The summed E-state index contributed by atoms with van der Waals surface area (Å²) < 4.78 is 63.9. The van der Waals surface area contributed by atoms with E-state index in [0.29, 0.717) is 15.8 Å². The molecule has 1 atom stereocenters. The molecular formula is C40H28F4N2O3S3. The van der Waals surface area contributed by atoms with Crippen LogP contribution in [0.25, 0.3) is 20.1 Å². The topological polar surface area (TPSA) is 52.8 Å². The molecule has 2 aliphatic heterocycles. The monoisotopic (exact) mass is 756 g/mol. The molecule has 0 saturated heterocycles. The minimum Gasteiger partial charge on any atom is -0.435 e. The highest BCUT2D eigenvalue weighted by Gasteiger charge is 2.34. The molecule has 262 valence electrons. The summed E-state index contributed by atoms with van der Waals surface area (Å²) in [6.07, 6.45) is 4.18. The lowest BCUT2D eigenvalue weighted by molar-refractivity contribution is -0.0505.